The van der Waals surface area contributed by atoms with E-state index in [0.717, 1.165) is 6.54 Å². The minimum Gasteiger partial charge on any atom is -0.481 e. The number of hydrogen-bond acceptors (Lipinski definition) is 3. The molecule has 1 unspecified atom stereocenters. The van der Waals surface area contributed by atoms with Gasteiger partial charge in [0.05, 0.1) is 6.61 Å². The molecule has 4 heteroatoms. The number of ether oxygens (including phenoxy) is 1. The van der Waals surface area contributed by atoms with Crippen molar-refractivity contribution in [1.82, 2.24) is 4.90 Å². The molecule has 1 aromatic carbocycles. The SMILES string of the molecule is Cc1ccccc1CN(C)CC1(C(=O)O)CCOC1. The quantitative estimate of drug-likeness (QED) is 0.881. The molecule has 0 aromatic heterocycles. The molecule has 104 valence electrons. The summed E-state index contributed by atoms with van der Waals surface area (Å²) in [7, 11) is 1.97. The van der Waals surface area contributed by atoms with Gasteiger partial charge in [-0.25, -0.2) is 0 Å². The van der Waals surface area contributed by atoms with E-state index in [2.05, 4.69) is 24.0 Å². The summed E-state index contributed by atoms with van der Waals surface area (Å²) in [4.78, 5) is 13.5. The summed E-state index contributed by atoms with van der Waals surface area (Å²) < 4.78 is 5.29. The van der Waals surface area contributed by atoms with E-state index >= 15 is 0 Å². The molecule has 2 rings (SSSR count). The van der Waals surface area contributed by atoms with Gasteiger partial charge in [0.25, 0.3) is 0 Å². The number of aryl methyl sites for hydroxylation is 1. The van der Waals surface area contributed by atoms with Gasteiger partial charge in [0.2, 0.25) is 0 Å². The van der Waals surface area contributed by atoms with Gasteiger partial charge in [0.1, 0.15) is 5.41 Å². The predicted molar refractivity (Wildman–Crippen MR) is 73.0 cm³/mol. The first-order valence-corrected chi connectivity index (χ1v) is 6.58. The van der Waals surface area contributed by atoms with Crippen molar-refractivity contribution < 1.29 is 14.6 Å². The number of rotatable bonds is 5. The zero-order valence-corrected chi connectivity index (χ0v) is 11.6. The van der Waals surface area contributed by atoms with Crippen LogP contribution in [0.15, 0.2) is 24.3 Å². The molecule has 0 spiro atoms. The summed E-state index contributed by atoms with van der Waals surface area (Å²) in [6, 6.07) is 8.20. The number of carboxylic acids is 1. The van der Waals surface area contributed by atoms with Crippen LogP contribution in [-0.4, -0.2) is 42.8 Å². The van der Waals surface area contributed by atoms with Crippen molar-refractivity contribution in [1.29, 1.82) is 0 Å². The van der Waals surface area contributed by atoms with Gasteiger partial charge in [0.15, 0.2) is 0 Å². The summed E-state index contributed by atoms with van der Waals surface area (Å²) in [5.41, 5.74) is 1.74. The van der Waals surface area contributed by atoms with Gasteiger partial charge >= 0.3 is 5.97 Å². The van der Waals surface area contributed by atoms with Gasteiger partial charge in [-0.2, -0.15) is 0 Å². The highest BCUT2D eigenvalue weighted by Gasteiger charge is 2.43. The van der Waals surface area contributed by atoms with Crippen LogP contribution in [0.25, 0.3) is 0 Å². The van der Waals surface area contributed by atoms with Crippen LogP contribution in [0.3, 0.4) is 0 Å². The van der Waals surface area contributed by atoms with Gasteiger partial charge in [-0.1, -0.05) is 24.3 Å². The summed E-state index contributed by atoms with van der Waals surface area (Å²) in [6.07, 6.45) is 0.598. The van der Waals surface area contributed by atoms with Crippen molar-refractivity contribution in [3.8, 4) is 0 Å². The second-order valence-corrected chi connectivity index (χ2v) is 5.49. The second-order valence-electron chi connectivity index (χ2n) is 5.49. The summed E-state index contributed by atoms with van der Waals surface area (Å²) in [5, 5.41) is 9.43. The maximum absolute atomic E-state index is 11.5. The van der Waals surface area contributed by atoms with Crippen LogP contribution in [-0.2, 0) is 16.1 Å². The van der Waals surface area contributed by atoms with Crippen molar-refractivity contribution in [2.24, 2.45) is 5.41 Å². The van der Waals surface area contributed by atoms with Crippen LogP contribution in [0.4, 0.5) is 0 Å². The van der Waals surface area contributed by atoms with E-state index in [4.69, 9.17) is 4.74 Å². The van der Waals surface area contributed by atoms with Gasteiger partial charge in [0, 0.05) is 19.7 Å². The highest BCUT2D eigenvalue weighted by Crippen LogP contribution is 2.30. The molecule has 19 heavy (non-hydrogen) atoms. The number of carboxylic acid groups (broad SMARTS) is 1. The Morgan fingerprint density at radius 3 is 2.79 bits per heavy atom. The zero-order chi connectivity index (χ0) is 13.9. The molecule has 0 radical (unpaired) electrons. The summed E-state index contributed by atoms with van der Waals surface area (Å²) in [5.74, 6) is -0.748. The largest absolute Gasteiger partial charge is 0.481 e. The lowest BCUT2D eigenvalue weighted by atomic mass is 9.87. The smallest absolute Gasteiger partial charge is 0.313 e. The maximum atomic E-state index is 11.5. The Morgan fingerprint density at radius 2 is 2.21 bits per heavy atom. The molecule has 0 saturated carbocycles. The standard InChI is InChI=1S/C15H21NO3/c1-12-5-3-4-6-13(12)9-16(2)10-15(14(17)18)7-8-19-11-15/h3-6H,7-11H2,1-2H3,(H,17,18). The Morgan fingerprint density at radius 1 is 1.47 bits per heavy atom. The molecule has 0 aliphatic carbocycles. The number of benzene rings is 1. The van der Waals surface area contributed by atoms with E-state index in [0.29, 0.717) is 26.2 Å². The van der Waals surface area contributed by atoms with Crippen molar-refractivity contribution in [3.63, 3.8) is 0 Å². The summed E-state index contributed by atoms with van der Waals surface area (Å²) in [6.45, 7) is 4.23. The normalized spacial score (nSPS) is 22.9. The average molecular weight is 263 g/mol. The molecular weight excluding hydrogens is 242 g/mol. The lowest BCUT2D eigenvalue weighted by Gasteiger charge is -2.28. The molecule has 0 amide bonds. The van der Waals surface area contributed by atoms with Gasteiger partial charge in [-0.05, 0) is 31.5 Å². The highest BCUT2D eigenvalue weighted by atomic mass is 16.5. The molecular formula is C15H21NO3. The number of nitrogens with zero attached hydrogens (tertiary/aromatic N) is 1. The first-order valence-electron chi connectivity index (χ1n) is 6.58. The molecule has 1 atom stereocenters. The van der Waals surface area contributed by atoms with Crippen molar-refractivity contribution in [3.05, 3.63) is 35.4 Å². The Labute approximate surface area is 114 Å². The van der Waals surface area contributed by atoms with Crippen molar-refractivity contribution in [2.45, 2.75) is 19.9 Å². The third kappa shape index (κ3) is 3.14. The molecule has 1 aliphatic heterocycles. The van der Waals surface area contributed by atoms with E-state index in [1.807, 2.05) is 19.2 Å². The van der Waals surface area contributed by atoms with Crippen LogP contribution in [0, 0.1) is 12.3 Å². The first-order chi connectivity index (χ1) is 9.03. The van der Waals surface area contributed by atoms with E-state index < -0.39 is 11.4 Å². The lowest BCUT2D eigenvalue weighted by Crippen LogP contribution is -2.42. The fourth-order valence-electron chi connectivity index (χ4n) is 2.62. The molecule has 1 N–H and O–H groups in total. The molecule has 1 heterocycles. The highest BCUT2D eigenvalue weighted by molar-refractivity contribution is 5.75. The molecule has 1 aliphatic rings. The third-order valence-electron chi connectivity index (χ3n) is 3.83. The zero-order valence-electron chi connectivity index (χ0n) is 11.6. The lowest BCUT2D eigenvalue weighted by molar-refractivity contribution is -0.150. The Hall–Kier alpha value is -1.39. The van der Waals surface area contributed by atoms with Gasteiger partial charge in [-0.3, -0.25) is 4.79 Å². The van der Waals surface area contributed by atoms with E-state index in [-0.39, 0.29) is 0 Å². The topological polar surface area (TPSA) is 49.8 Å². The van der Waals surface area contributed by atoms with E-state index in [1.54, 1.807) is 0 Å². The van der Waals surface area contributed by atoms with Crippen LogP contribution in [0.5, 0.6) is 0 Å². The average Bonchev–Trinajstić information content (AvgIpc) is 2.82. The molecule has 1 fully saturated rings. The Balaban J connectivity index is 2.03. The first kappa shape index (κ1) is 14.0. The second kappa shape index (κ2) is 5.72. The minimum atomic E-state index is -0.748. The van der Waals surface area contributed by atoms with Crippen LogP contribution >= 0.6 is 0 Å². The molecule has 4 nitrogen and oxygen atoms in total. The van der Waals surface area contributed by atoms with Crippen molar-refractivity contribution in [2.75, 3.05) is 26.8 Å². The third-order valence-corrected chi connectivity index (χ3v) is 3.83. The van der Waals surface area contributed by atoms with E-state index in [1.165, 1.54) is 11.1 Å². The fourth-order valence-corrected chi connectivity index (χ4v) is 2.62. The number of hydrogen-bond donors (Lipinski definition) is 1. The Bertz CT molecular complexity index is 452. The predicted octanol–water partition coefficient (Wildman–Crippen LogP) is 1.92. The molecule has 0 bridgehead atoms. The van der Waals surface area contributed by atoms with Gasteiger partial charge in [-0.15, -0.1) is 0 Å². The van der Waals surface area contributed by atoms with Crippen LogP contribution < -0.4 is 0 Å². The molecule has 1 aromatic rings. The molecule has 1 saturated heterocycles. The van der Waals surface area contributed by atoms with Crippen LogP contribution in [0.2, 0.25) is 0 Å². The fraction of sp³-hybridized carbons (Fsp3) is 0.533. The minimum absolute atomic E-state index is 0.320. The Kier molecular flexibility index (Phi) is 4.22. The van der Waals surface area contributed by atoms with Crippen molar-refractivity contribution >= 4 is 5.97 Å². The number of carbonyl (C=O) groups is 1. The monoisotopic (exact) mass is 263 g/mol. The van der Waals surface area contributed by atoms with E-state index in [9.17, 15) is 9.90 Å². The number of aliphatic carboxylic acids is 1. The van der Waals surface area contributed by atoms with Gasteiger partial charge < -0.3 is 14.7 Å². The summed E-state index contributed by atoms with van der Waals surface area (Å²) >= 11 is 0. The van der Waals surface area contributed by atoms with Crippen LogP contribution in [0.1, 0.15) is 17.5 Å². The maximum Gasteiger partial charge on any atom is 0.313 e.